The van der Waals surface area contributed by atoms with E-state index in [1.54, 1.807) is 23.9 Å². The van der Waals surface area contributed by atoms with Crippen LogP contribution < -0.4 is 20.4 Å². The van der Waals surface area contributed by atoms with E-state index in [4.69, 9.17) is 4.74 Å². The normalized spacial score (nSPS) is 18.1. The molecule has 0 spiro atoms. The van der Waals surface area contributed by atoms with Crippen LogP contribution in [0, 0.1) is 6.92 Å². The molecule has 0 aromatic heterocycles. The molecule has 1 aliphatic heterocycles. The molecule has 2 atom stereocenters. The lowest BCUT2D eigenvalue weighted by atomic mass is 9.99. The Morgan fingerprint density at radius 2 is 1.64 bits per heavy atom. The Morgan fingerprint density at radius 3 is 2.22 bits per heavy atom. The van der Waals surface area contributed by atoms with Gasteiger partial charge in [0.1, 0.15) is 5.75 Å². The zero-order valence-electron chi connectivity index (χ0n) is 21.2. The maximum Gasteiger partial charge on any atom is 0.304 e. The Bertz CT molecular complexity index is 1230. The topological polar surface area (TPSA) is 73.7 Å². The second-order valence-corrected chi connectivity index (χ2v) is 8.81. The number of benzene rings is 3. The average molecular weight is 486 g/mol. The molecular formula is C29H33N4O3+. The van der Waals surface area contributed by atoms with Crippen LogP contribution in [0.25, 0.3) is 0 Å². The van der Waals surface area contributed by atoms with Crippen LogP contribution in [0.5, 0.6) is 5.75 Å². The highest BCUT2D eigenvalue weighted by Crippen LogP contribution is 2.27. The van der Waals surface area contributed by atoms with Crippen molar-refractivity contribution in [3.63, 3.8) is 0 Å². The fourth-order valence-electron chi connectivity index (χ4n) is 4.43. The zero-order chi connectivity index (χ0) is 25.7. The predicted octanol–water partition coefficient (Wildman–Crippen LogP) is 3.87. The van der Waals surface area contributed by atoms with Gasteiger partial charge in [-0.3, -0.25) is 9.59 Å². The molecule has 0 aliphatic carbocycles. The first kappa shape index (κ1) is 25.0. The number of rotatable bonds is 8. The van der Waals surface area contributed by atoms with Gasteiger partial charge in [-0.2, -0.15) is 0 Å². The third-order valence-electron chi connectivity index (χ3n) is 6.50. The van der Waals surface area contributed by atoms with E-state index in [9.17, 15) is 9.59 Å². The number of carbonyl (C=O) groups is 2. The van der Waals surface area contributed by atoms with E-state index < -0.39 is 12.1 Å². The molecule has 0 saturated carbocycles. The summed E-state index contributed by atoms with van der Waals surface area (Å²) in [5, 5.41) is 2.95. The first-order valence-corrected chi connectivity index (χ1v) is 12.2. The summed E-state index contributed by atoms with van der Waals surface area (Å²) in [6.45, 7) is 8.10. The molecule has 3 aromatic rings. The Labute approximate surface area is 212 Å². The number of carbonyl (C=O) groups excluding carboxylic acids is 2. The number of aryl methyl sites for hydroxylation is 1. The van der Waals surface area contributed by atoms with Crippen LogP contribution in [-0.4, -0.2) is 49.0 Å². The molecule has 7 nitrogen and oxygen atoms in total. The summed E-state index contributed by atoms with van der Waals surface area (Å²) in [5.41, 5.74) is 7.48. The number of hydrogen-bond acceptors (Lipinski definition) is 4. The summed E-state index contributed by atoms with van der Waals surface area (Å²) >= 11 is 0. The minimum atomic E-state index is -0.779. The molecule has 7 heteroatoms. The quantitative estimate of drug-likeness (QED) is 0.475. The number of hydrazone groups is 1. The number of nitrogens with one attached hydrogen (secondary N) is 2. The van der Waals surface area contributed by atoms with Crippen LogP contribution in [0.3, 0.4) is 0 Å². The summed E-state index contributed by atoms with van der Waals surface area (Å²) in [6.07, 6.45) is 1.90. The Hall–Kier alpha value is -4.13. The third kappa shape index (κ3) is 5.40. The van der Waals surface area contributed by atoms with E-state index in [1.807, 2.05) is 61.7 Å². The van der Waals surface area contributed by atoms with Crippen molar-refractivity contribution >= 4 is 23.7 Å². The molecule has 1 fully saturated rings. The maximum absolute atomic E-state index is 13.1. The van der Waals surface area contributed by atoms with Crippen LogP contribution in [0.2, 0.25) is 0 Å². The fraction of sp³-hybridized carbons (Fsp3) is 0.276. The molecule has 4 rings (SSSR count). The summed E-state index contributed by atoms with van der Waals surface area (Å²) in [6, 6.07) is 21.8. The lowest BCUT2D eigenvalue weighted by Gasteiger charge is -2.20. The lowest BCUT2D eigenvalue weighted by molar-refractivity contribution is -0.596. The van der Waals surface area contributed by atoms with Gasteiger partial charge >= 0.3 is 5.91 Å². The van der Waals surface area contributed by atoms with Gasteiger partial charge in [0, 0.05) is 35.5 Å². The van der Waals surface area contributed by atoms with Gasteiger partial charge in [-0.15, -0.1) is 10.1 Å². The van der Waals surface area contributed by atoms with E-state index in [1.165, 1.54) is 0 Å². The summed E-state index contributed by atoms with van der Waals surface area (Å²) in [5.74, 6) is 0.158. The molecule has 2 N–H and O–H groups in total. The van der Waals surface area contributed by atoms with Gasteiger partial charge in [0.15, 0.2) is 6.04 Å². The van der Waals surface area contributed by atoms with E-state index in [-0.39, 0.29) is 11.8 Å². The number of hydrogen-bond donors (Lipinski definition) is 2. The van der Waals surface area contributed by atoms with Crippen molar-refractivity contribution in [2.75, 3.05) is 25.1 Å². The molecule has 186 valence electrons. The van der Waals surface area contributed by atoms with Gasteiger partial charge in [0.2, 0.25) is 12.3 Å². The van der Waals surface area contributed by atoms with Gasteiger partial charge in [-0.05, 0) is 81.4 Å². The third-order valence-corrected chi connectivity index (χ3v) is 6.50. The van der Waals surface area contributed by atoms with Crippen LogP contribution in [0.1, 0.15) is 46.9 Å². The van der Waals surface area contributed by atoms with E-state index in [0.29, 0.717) is 5.56 Å². The van der Waals surface area contributed by atoms with Gasteiger partial charge in [-0.1, -0.05) is 17.7 Å². The number of ether oxygens (including phenoxy) is 1. The minimum Gasteiger partial charge on any atom is -0.497 e. The van der Waals surface area contributed by atoms with E-state index in [2.05, 4.69) is 41.6 Å². The first-order chi connectivity index (χ1) is 17.4. The average Bonchev–Trinajstić information content (AvgIpc) is 3.20. The Balaban J connectivity index is 1.67. The van der Waals surface area contributed by atoms with Gasteiger partial charge in [0.05, 0.1) is 7.11 Å². The maximum atomic E-state index is 13.1. The fourth-order valence-corrected chi connectivity index (χ4v) is 4.43. The Kier molecular flexibility index (Phi) is 7.68. The molecule has 0 unspecified atom stereocenters. The monoisotopic (exact) mass is 485 g/mol. The van der Waals surface area contributed by atoms with Crippen molar-refractivity contribution < 1.29 is 19.0 Å². The van der Waals surface area contributed by atoms with Gasteiger partial charge < -0.3 is 15.0 Å². The molecule has 1 saturated heterocycles. The summed E-state index contributed by atoms with van der Waals surface area (Å²) < 4.78 is 7.08. The largest absolute Gasteiger partial charge is 0.497 e. The van der Waals surface area contributed by atoms with Crippen molar-refractivity contribution in [3.8, 4) is 5.75 Å². The van der Waals surface area contributed by atoms with Crippen molar-refractivity contribution in [1.29, 1.82) is 0 Å². The van der Waals surface area contributed by atoms with Crippen LogP contribution in [0.15, 0.2) is 72.8 Å². The molecule has 3 aromatic carbocycles. The smallest absolute Gasteiger partial charge is 0.304 e. The summed E-state index contributed by atoms with van der Waals surface area (Å²) in [4.78, 5) is 28.4. The first-order valence-electron chi connectivity index (χ1n) is 12.2. The zero-order valence-corrected chi connectivity index (χ0v) is 21.2. The number of nitrogens with zero attached hydrogens (tertiary/aromatic N) is 2. The van der Waals surface area contributed by atoms with Crippen molar-refractivity contribution in [2.24, 2.45) is 0 Å². The van der Waals surface area contributed by atoms with Crippen LogP contribution >= 0.6 is 0 Å². The number of amides is 2. The standard InChI is InChI=1S/C29H32N4O3/c1-5-32(6-2)24-15-9-21(10-16-24)19-33-27(22-13-17-25(36-4)18-14-22)26(29(35)31-33)30-28(34)23-11-7-20(3)8-12-23/h7-19,26-27H,5-6H2,1-4H3,(H-,30,31,34,35)/p+1/t26-,27+/m1/s1. The SMILES string of the molecule is CCN(CC)c1ccc(/C=[N+]2\NC(=O)[C@H](NC(=O)c3ccc(C)cc3)[C@@H]2c2ccc(OC)cc2)cc1. The van der Waals surface area contributed by atoms with Gasteiger partial charge in [-0.25, -0.2) is 0 Å². The number of anilines is 1. The molecule has 1 heterocycles. The second-order valence-electron chi connectivity index (χ2n) is 8.81. The highest BCUT2D eigenvalue weighted by Gasteiger charge is 2.47. The number of methoxy groups -OCH3 is 1. The van der Waals surface area contributed by atoms with E-state index in [0.717, 1.165) is 41.2 Å². The second kappa shape index (κ2) is 11.1. The van der Waals surface area contributed by atoms with E-state index >= 15 is 0 Å². The molecular weight excluding hydrogens is 452 g/mol. The van der Waals surface area contributed by atoms with Crippen molar-refractivity contribution in [3.05, 3.63) is 95.1 Å². The van der Waals surface area contributed by atoms with Gasteiger partial charge in [0.25, 0.3) is 5.91 Å². The molecule has 2 amide bonds. The lowest BCUT2D eigenvalue weighted by Crippen LogP contribution is -2.42. The predicted molar refractivity (Wildman–Crippen MR) is 142 cm³/mol. The summed E-state index contributed by atoms with van der Waals surface area (Å²) in [7, 11) is 1.61. The van der Waals surface area contributed by atoms with Crippen molar-refractivity contribution in [2.45, 2.75) is 32.9 Å². The minimum absolute atomic E-state index is 0.271. The molecule has 0 bridgehead atoms. The Morgan fingerprint density at radius 1 is 1.00 bits per heavy atom. The highest BCUT2D eigenvalue weighted by atomic mass is 16.5. The van der Waals surface area contributed by atoms with Crippen LogP contribution in [-0.2, 0) is 4.79 Å². The molecule has 1 aliphatic rings. The molecule has 0 radical (unpaired) electrons. The van der Waals surface area contributed by atoms with Crippen molar-refractivity contribution in [1.82, 2.24) is 10.7 Å². The number of hydrazine groups is 1. The highest BCUT2D eigenvalue weighted by molar-refractivity contribution is 5.98. The molecule has 36 heavy (non-hydrogen) atoms. The van der Waals surface area contributed by atoms with Crippen LogP contribution in [0.4, 0.5) is 5.69 Å².